The quantitative estimate of drug-likeness (QED) is 0.456. The van der Waals surface area contributed by atoms with Gasteiger partial charge >= 0.3 is 0 Å². The first kappa shape index (κ1) is 18.4. The van der Waals surface area contributed by atoms with Crippen molar-refractivity contribution in [2.75, 3.05) is 45.3 Å². The second-order valence-corrected chi connectivity index (χ2v) is 6.16. The summed E-state index contributed by atoms with van der Waals surface area (Å²) in [5, 5.41) is 6.56. The van der Waals surface area contributed by atoms with Crippen molar-refractivity contribution >= 4 is 11.6 Å². The third-order valence-electron chi connectivity index (χ3n) is 3.44. The molecule has 0 amide bonds. The van der Waals surface area contributed by atoms with Crippen molar-refractivity contribution in [3.8, 4) is 11.5 Å². The van der Waals surface area contributed by atoms with Gasteiger partial charge in [-0.3, -0.25) is 4.99 Å². The molecule has 0 atom stereocenters. The summed E-state index contributed by atoms with van der Waals surface area (Å²) >= 11 is 0. The van der Waals surface area contributed by atoms with Gasteiger partial charge in [0.25, 0.3) is 0 Å². The molecule has 0 unspecified atom stereocenters. The van der Waals surface area contributed by atoms with Crippen molar-refractivity contribution in [1.82, 2.24) is 5.32 Å². The number of fused-ring (bicyclic) bond motifs is 1. The summed E-state index contributed by atoms with van der Waals surface area (Å²) in [6.07, 6.45) is 1.84. The SMILES string of the molecule is CN=C(NCCCOCC(C)C)Nc1ccc2c(c1)OCCCO2. The lowest BCUT2D eigenvalue weighted by Crippen LogP contribution is -2.32. The maximum absolute atomic E-state index is 5.71. The molecule has 134 valence electrons. The van der Waals surface area contributed by atoms with Gasteiger partial charge in [-0.1, -0.05) is 13.8 Å². The summed E-state index contributed by atoms with van der Waals surface area (Å²) in [6.45, 7) is 8.05. The van der Waals surface area contributed by atoms with E-state index in [1.165, 1.54) is 0 Å². The Morgan fingerprint density at radius 2 is 2.04 bits per heavy atom. The van der Waals surface area contributed by atoms with Crippen molar-refractivity contribution in [3.63, 3.8) is 0 Å². The number of ether oxygens (including phenoxy) is 3. The highest BCUT2D eigenvalue weighted by molar-refractivity contribution is 5.93. The largest absolute Gasteiger partial charge is 0.490 e. The van der Waals surface area contributed by atoms with Crippen molar-refractivity contribution in [3.05, 3.63) is 18.2 Å². The zero-order valence-electron chi connectivity index (χ0n) is 14.9. The molecule has 1 aromatic carbocycles. The Labute approximate surface area is 144 Å². The number of guanidine groups is 1. The van der Waals surface area contributed by atoms with E-state index in [0.717, 1.165) is 55.7 Å². The van der Waals surface area contributed by atoms with Crippen LogP contribution in [0.2, 0.25) is 0 Å². The van der Waals surface area contributed by atoms with Crippen LogP contribution >= 0.6 is 0 Å². The molecule has 0 aliphatic carbocycles. The van der Waals surface area contributed by atoms with Gasteiger partial charge in [0, 0.05) is 45.0 Å². The molecule has 0 radical (unpaired) electrons. The first-order valence-electron chi connectivity index (χ1n) is 8.64. The Morgan fingerprint density at radius 3 is 2.79 bits per heavy atom. The maximum Gasteiger partial charge on any atom is 0.195 e. The molecule has 0 aromatic heterocycles. The number of rotatable bonds is 7. The fourth-order valence-electron chi connectivity index (χ4n) is 2.26. The number of anilines is 1. The molecule has 0 saturated carbocycles. The van der Waals surface area contributed by atoms with Crippen molar-refractivity contribution < 1.29 is 14.2 Å². The summed E-state index contributed by atoms with van der Waals surface area (Å²) in [5.41, 5.74) is 0.920. The smallest absolute Gasteiger partial charge is 0.195 e. The molecule has 0 saturated heterocycles. The minimum Gasteiger partial charge on any atom is -0.490 e. The minimum absolute atomic E-state index is 0.576. The Balaban J connectivity index is 1.77. The van der Waals surface area contributed by atoms with Crippen LogP contribution < -0.4 is 20.1 Å². The van der Waals surface area contributed by atoms with Gasteiger partial charge in [-0.25, -0.2) is 0 Å². The van der Waals surface area contributed by atoms with Crippen molar-refractivity contribution in [1.29, 1.82) is 0 Å². The Bertz CT molecular complexity index is 532. The Morgan fingerprint density at radius 1 is 1.25 bits per heavy atom. The van der Waals surface area contributed by atoms with Crippen LogP contribution in [0.4, 0.5) is 5.69 Å². The van der Waals surface area contributed by atoms with Crippen LogP contribution in [0.3, 0.4) is 0 Å². The standard InChI is InChI=1S/C18H29N3O3/c1-14(2)13-22-9-4-8-20-18(19-3)21-15-6-7-16-17(12-15)24-11-5-10-23-16/h6-7,12,14H,4-5,8-11,13H2,1-3H3,(H2,19,20,21). The van der Waals surface area contributed by atoms with Gasteiger partial charge in [0.1, 0.15) is 0 Å². The molecule has 1 aromatic rings. The molecule has 0 spiro atoms. The molecule has 24 heavy (non-hydrogen) atoms. The van der Waals surface area contributed by atoms with E-state index < -0.39 is 0 Å². The maximum atomic E-state index is 5.71. The molecule has 0 fully saturated rings. The average Bonchev–Trinajstić information content (AvgIpc) is 2.81. The number of benzene rings is 1. The van der Waals surface area contributed by atoms with Gasteiger partial charge in [-0.15, -0.1) is 0 Å². The second-order valence-electron chi connectivity index (χ2n) is 6.16. The predicted molar refractivity (Wildman–Crippen MR) is 97.3 cm³/mol. The van der Waals surface area contributed by atoms with Crippen LogP contribution in [0, 0.1) is 5.92 Å². The predicted octanol–water partition coefficient (Wildman–Crippen LogP) is 2.90. The zero-order chi connectivity index (χ0) is 17.2. The van der Waals surface area contributed by atoms with Gasteiger partial charge in [0.2, 0.25) is 0 Å². The molecule has 2 rings (SSSR count). The highest BCUT2D eigenvalue weighted by Crippen LogP contribution is 2.32. The number of aliphatic imine (C=N–C) groups is 1. The number of hydrogen-bond acceptors (Lipinski definition) is 4. The number of hydrogen-bond donors (Lipinski definition) is 2. The molecular formula is C18H29N3O3. The second kappa shape index (κ2) is 10.0. The Hall–Kier alpha value is -1.95. The summed E-state index contributed by atoms with van der Waals surface area (Å²) < 4.78 is 16.9. The molecule has 0 bridgehead atoms. The van der Waals surface area contributed by atoms with E-state index in [1.807, 2.05) is 18.2 Å². The third-order valence-corrected chi connectivity index (χ3v) is 3.44. The minimum atomic E-state index is 0.576. The van der Waals surface area contributed by atoms with Gasteiger partial charge in [0.05, 0.1) is 13.2 Å². The molecule has 1 aliphatic rings. The highest BCUT2D eigenvalue weighted by atomic mass is 16.5. The van der Waals surface area contributed by atoms with Crippen molar-refractivity contribution in [2.24, 2.45) is 10.9 Å². The van der Waals surface area contributed by atoms with Gasteiger partial charge < -0.3 is 24.8 Å². The van der Waals surface area contributed by atoms with Crippen LogP contribution in [0.25, 0.3) is 0 Å². The lowest BCUT2D eigenvalue weighted by atomic mass is 10.2. The zero-order valence-corrected chi connectivity index (χ0v) is 14.9. The van der Waals surface area contributed by atoms with E-state index in [4.69, 9.17) is 14.2 Å². The van der Waals surface area contributed by atoms with E-state index in [-0.39, 0.29) is 0 Å². The van der Waals surface area contributed by atoms with E-state index in [2.05, 4.69) is 29.5 Å². The van der Waals surface area contributed by atoms with Crippen LogP contribution in [-0.2, 0) is 4.74 Å². The number of nitrogens with zero attached hydrogens (tertiary/aromatic N) is 1. The first-order valence-corrected chi connectivity index (χ1v) is 8.64. The van der Waals surface area contributed by atoms with E-state index >= 15 is 0 Å². The first-order chi connectivity index (χ1) is 11.7. The lowest BCUT2D eigenvalue weighted by molar-refractivity contribution is 0.108. The van der Waals surface area contributed by atoms with Crippen LogP contribution in [-0.4, -0.2) is 46.0 Å². The third kappa shape index (κ3) is 6.28. The molecule has 2 N–H and O–H groups in total. The van der Waals surface area contributed by atoms with E-state index in [1.54, 1.807) is 7.05 Å². The fourth-order valence-corrected chi connectivity index (χ4v) is 2.26. The fraction of sp³-hybridized carbons (Fsp3) is 0.611. The van der Waals surface area contributed by atoms with Crippen LogP contribution in [0.5, 0.6) is 11.5 Å². The van der Waals surface area contributed by atoms with Gasteiger partial charge in [-0.2, -0.15) is 0 Å². The van der Waals surface area contributed by atoms with Gasteiger partial charge in [-0.05, 0) is 24.5 Å². The molecule has 6 heteroatoms. The molecule has 6 nitrogen and oxygen atoms in total. The average molecular weight is 335 g/mol. The van der Waals surface area contributed by atoms with Crippen LogP contribution in [0.1, 0.15) is 26.7 Å². The van der Waals surface area contributed by atoms with E-state index in [9.17, 15) is 0 Å². The van der Waals surface area contributed by atoms with Gasteiger partial charge in [0.15, 0.2) is 17.5 Å². The molecule has 1 aliphatic heterocycles. The van der Waals surface area contributed by atoms with Crippen molar-refractivity contribution in [2.45, 2.75) is 26.7 Å². The molecule has 1 heterocycles. The monoisotopic (exact) mass is 335 g/mol. The van der Waals surface area contributed by atoms with Crippen LogP contribution in [0.15, 0.2) is 23.2 Å². The topological polar surface area (TPSA) is 64.1 Å². The summed E-state index contributed by atoms with van der Waals surface area (Å²) in [6, 6.07) is 5.83. The normalized spacial score (nSPS) is 14.4. The lowest BCUT2D eigenvalue weighted by Gasteiger charge is -2.14. The summed E-state index contributed by atoms with van der Waals surface area (Å²) in [7, 11) is 1.76. The summed E-state index contributed by atoms with van der Waals surface area (Å²) in [5.74, 6) is 2.87. The Kier molecular flexibility index (Phi) is 7.68. The molecular weight excluding hydrogens is 306 g/mol. The number of nitrogens with one attached hydrogen (secondary N) is 2. The highest BCUT2D eigenvalue weighted by Gasteiger charge is 2.11. The van der Waals surface area contributed by atoms with E-state index in [0.29, 0.717) is 19.1 Å². The summed E-state index contributed by atoms with van der Waals surface area (Å²) in [4.78, 5) is 4.24.